The van der Waals surface area contributed by atoms with E-state index in [-0.39, 0.29) is 0 Å². The van der Waals surface area contributed by atoms with Gasteiger partial charge >= 0.3 is 0 Å². The van der Waals surface area contributed by atoms with E-state index in [0.29, 0.717) is 6.61 Å². The van der Waals surface area contributed by atoms with Gasteiger partial charge in [0.1, 0.15) is 12.4 Å². The van der Waals surface area contributed by atoms with E-state index in [1.807, 2.05) is 13.1 Å². The Kier molecular flexibility index (Phi) is 5.14. The van der Waals surface area contributed by atoms with Gasteiger partial charge in [-0.1, -0.05) is 30.3 Å². The van der Waals surface area contributed by atoms with Gasteiger partial charge in [0.2, 0.25) is 0 Å². The molecule has 1 saturated heterocycles. The summed E-state index contributed by atoms with van der Waals surface area (Å²) in [6, 6.07) is 16.9. The molecule has 1 fully saturated rings. The van der Waals surface area contributed by atoms with Gasteiger partial charge < -0.3 is 9.47 Å². The zero-order chi connectivity index (χ0) is 17.8. The van der Waals surface area contributed by atoms with Crippen molar-refractivity contribution in [2.75, 3.05) is 39.5 Å². The van der Waals surface area contributed by atoms with Gasteiger partial charge in [-0.3, -0.25) is 9.88 Å². The van der Waals surface area contributed by atoms with Crippen LogP contribution in [0.4, 0.5) is 0 Å². The van der Waals surface area contributed by atoms with E-state index in [2.05, 4.69) is 58.4 Å². The standard InChI is InChI=1S/C22H24N2O2/c1-17-16-19(8-9-23-17)22-20-5-3-2-4-18(20)6-7-21(22)26-15-12-24-10-13-25-14-11-24/h2-9,16H,10-15H2,1H3. The predicted octanol–water partition coefficient (Wildman–Crippen LogP) is 3.92. The van der Waals surface area contributed by atoms with Crippen LogP contribution < -0.4 is 4.74 Å². The highest BCUT2D eigenvalue weighted by molar-refractivity contribution is 5.99. The number of benzene rings is 2. The lowest BCUT2D eigenvalue weighted by Crippen LogP contribution is -2.38. The number of aryl methyl sites for hydroxylation is 1. The molecule has 1 aromatic heterocycles. The Bertz CT molecular complexity index is 888. The normalized spacial score (nSPS) is 15.3. The molecular formula is C22H24N2O2. The molecule has 4 nitrogen and oxygen atoms in total. The minimum absolute atomic E-state index is 0.676. The molecule has 26 heavy (non-hydrogen) atoms. The van der Waals surface area contributed by atoms with Crippen LogP contribution in [0, 0.1) is 6.92 Å². The van der Waals surface area contributed by atoms with Crippen LogP contribution in [-0.2, 0) is 4.74 Å². The number of fused-ring (bicyclic) bond motifs is 1. The largest absolute Gasteiger partial charge is 0.492 e. The van der Waals surface area contributed by atoms with Crippen LogP contribution in [-0.4, -0.2) is 49.3 Å². The van der Waals surface area contributed by atoms with Crippen LogP contribution >= 0.6 is 0 Å². The molecule has 0 saturated carbocycles. The fourth-order valence-electron chi connectivity index (χ4n) is 3.48. The molecule has 4 rings (SSSR count). The summed E-state index contributed by atoms with van der Waals surface area (Å²) in [5, 5.41) is 2.43. The highest BCUT2D eigenvalue weighted by atomic mass is 16.5. The Morgan fingerprint density at radius 3 is 2.77 bits per heavy atom. The maximum absolute atomic E-state index is 6.24. The Morgan fingerprint density at radius 2 is 1.92 bits per heavy atom. The van der Waals surface area contributed by atoms with Crippen molar-refractivity contribution in [3.05, 3.63) is 60.4 Å². The van der Waals surface area contributed by atoms with Gasteiger partial charge in [-0.2, -0.15) is 0 Å². The van der Waals surface area contributed by atoms with Gasteiger partial charge in [-0.05, 0) is 41.5 Å². The summed E-state index contributed by atoms with van der Waals surface area (Å²) in [7, 11) is 0. The zero-order valence-corrected chi connectivity index (χ0v) is 15.1. The third-order valence-electron chi connectivity index (χ3n) is 4.84. The Hall–Kier alpha value is -2.43. The molecule has 0 radical (unpaired) electrons. The maximum Gasteiger partial charge on any atom is 0.127 e. The van der Waals surface area contributed by atoms with Crippen molar-refractivity contribution in [1.29, 1.82) is 0 Å². The summed E-state index contributed by atoms with van der Waals surface area (Å²) < 4.78 is 11.7. The fourth-order valence-corrected chi connectivity index (χ4v) is 3.48. The highest BCUT2D eigenvalue weighted by Crippen LogP contribution is 2.37. The number of hydrogen-bond acceptors (Lipinski definition) is 4. The second kappa shape index (κ2) is 7.85. The molecule has 2 aromatic carbocycles. The molecule has 0 bridgehead atoms. The minimum Gasteiger partial charge on any atom is -0.492 e. The molecule has 4 heteroatoms. The van der Waals surface area contributed by atoms with E-state index in [0.717, 1.165) is 55.4 Å². The summed E-state index contributed by atoms with van der Waals surface area (Å²) in [4.78, 5) is 6.73. The van der Waals surface area contributed by atoms with Crippen molar-refractivity contribution in [2.24, 2.45) is 0 Å². The molecule has 0 amide bonds. The Labute approximate surface area is 154 Å². The van der Waals surface area contributed by atoms with Crippen molar-refractivity contribution in [3.63, 3.8) is 0 Å². The van der Waals surface area contributed by atoms with Gasteiger partial charge in [0.25, 0.3) is 0 Å². The summed E-state index contributed by atoms with van der Waals surface area (Å²) in [5.41, 5.74) is 3.31. The van der Waals surface area contributed by atoms with E-state index in [4.69, 9.17) is 9.47 Å². The summed E-state index contributed by atoms with van der Waals surface area (Å²) in [5.74, 6) is 0.933. The summed E-state index contributed by atoms with van der Waals surface area (Å²) in [6.45, 7) is 7.22. The average molecular weight is 348 g/mol. The van der Waals surface area contributed by atoms with Crippen LogP contribution in [0.5, 0.6) is 5.75 Å². The van der Waals surface area contributed by atoms with Crippen molar-refractivity contribution in [2.45, 2.75) is 6.92 Å². The van der Waals surface area contributed by atoms with Crippen LogP contribution in [0.1, 0.15) is 5.69 Å². The minimum atomic E-state index is 0.676. The molecule has 2 heterocycles. The zero-order valence-electron chi connectivity index (χ0n) is 15.1. The van der Waals surface area contributed by atoms with Crippen LogP contribution in [0.15, 0.2) is 54.7 Å². The molecule has 0 unspecified atom stereocenters. The summed E-state index contributed by atoms with van der Waals surface area (Å²) in [6.07, 6.45) is 1.87. The molecule has 0 atom stereocenters. The smallest absolute Gasteiger partial charge is 0.127 e. The van der Waals surface area contributed by atoms with Gasteiger partial charge in [0.15, 0.2) is 0 Å². The van der Waals surface area contributed by atoms with Gasteiger partial charge in [-0.25, -0.2) is 0 Å². The third kappa shape index (κ3) is 3.71. The molecule has 1 aliphatic heterocycles. The number of ether oxygens (including phenoxy) is 2. The Morgan fingerprint density at radius 1 is 1.08 bits per heavy atom. The monoisotopic (exact) mass is 348 g/mol. The topological polar surface area (TPSA) is 34.6 Å². The van der Waals surface area contributed by atoms with E-state index < -0.39 is 0 Å². The molecule has 0 aliphatic carbocycles. The molecule has 3 aromatic rings. The predicted molar refractivity (Wildman–Crippen MR) is 105 cm³/mol. The van der Waals surface area contributed by atoms with Gasteiger partial charge in [-0.15, -0.1) is 0 Å². The van der Waals surface area contributed by atoms with E-state index >= 15 is 0 Å². The molecule has 1 aliphatic rings. The number of morpholine rings is 1. The molecular weight excluding hydrogens is 324 g/mol. The van der Waals surface area contributed by atoms with Crippen molar-refractivity contribution < 1.29 is 9.47 Å². The molecule has 0 N–H and O–H groups in total. The lowest BCUT2D eigenvalue weighted by atomic mass is 9.97. The van der Waals surface area contributed by atoms with E-state index in [1.165, 1.54) is 10.8 Å². The number of pyridine rings is 1. The second-order valence-electron chi connectivity index (χ2n) is 6.65. The molecule has 0 spiro atoms. The first-order chi connectivity index (χ1) is 12.8. The fraction of sp³-hybridized carbons (Fsp3) is 0.318. The maximum atomic E-state index is 6.24. The van der Waals surface area contributed by atoms with Crippen molar-refractivity contribution >= 4 is 10.8 Å². The average Bonchev–Trinajstić information content (AvgIpc) is 2.68. The quantitative estimate of drug-likeness (QED) is 0.700. The van der Waals surface area contributed by atoms with E-state index in [1.54, 1.807) is 0 Å². The van der Waals surface area contributed by atoms with Crippen LogP contribution in [0.25, 0.3) is 21.9 Å². The first-order valence-corrected chi connectivity index (χ1v) is 9.19. The highest BCUT2D eigenvalue weighted by Gasteiger charge is 2.14. The second-order valence-corrected chi connectivity index (χ2v) is 6.65. The lowest BCUT2D eigenvalue weighted by molar-refractivity contribution is 0.0323. The van der Waals surface area contributed by atoms with Crippen LogP contribution in [0.3, 0.4) is 0 Å². The SMILES string of the molecule is Cc1cc(-c2c(OCCN3CCOCC3)ccc3ccccc23)ccn1. The number of hydrogen-bond donors (Lipinski definition) is 0. The molecule has 134 valence electrons. The van der Waals surface area contributed by atoms with Crippen molar-refractivity contribution in [3.8, 4) is 16.9 Å². The lowest BCUT2D eigenvalue weighted by Gasteiger charge is -2.26. The Balaban J connectivity index is 1.64. The number of rotatable bonds is 5. The number of aromatic nitrogens is 1. The summed E-state index contributed by atoms with van der Waals surface area (Å²) >= 11 is 0. The third-order valence-corrected chi connectivity index (χ3v) is 4.84. The van der Waals surface area contributed by atoms with Gasteiger partial charge in [0.05, 0.1) is 13.2 Å². The van der Waals surface area contributed by atoms with Crippen LogP contribution in [0.2, 0.25) is 0 Å². The van der Waals surface area contributed by atoms with E-state index in [9.17, 15) is 0 Å². The van der Waals surface area contributed by atoms with Crippen molar-refractivity contribution in [1.82, 2.24) is 9.88 Å². The van der Waals surface area contributed by atoms with Gasteiger partial charge in [0, 0.05) is 37.1 Å². The first-order valence-electron chi connectivity index (χ1n) is 9.19. The number of nitrogens with zero attached hydrogens (tertiary/aromatic N) is 2. The first kappa shape index (κ1) is 17.0.